The van der Waals surface area contributed by atoms with E-state index in [1.165, 1.54) is 27.8 Å². The van der Waals surface area contributed by atoms with Crippen molar-refractivity contribution < 1.29 is 9.47 Å². The lowest BCUT2D eigenvalue weighted by Gasteiger charge is -2.34. The van der Waals surface area contributed by atoms with Gasteiger partial charge in [-0.2, -0.15) is 0 Å². The fourth-order valence-corrected chi connectivity index (χ4v) is 8.77. The van der Waals surface area contributed by atoms with Gasteiger partial charge in [-0.1, -0.05) is 61.2 Å². The van der Waals surface area contributed by atoms with E-state index in [2.05, 4.69) is 74.7 Å². The molecule has 2 nitrogen and oxygen atoms in total. The summed E-state index contributed by atoms with van der Waals surface area (Å²) in [6.07, 6.45) is 11.5. The van der Waals surface area contributed by atoms with Crippen LogP contribution in [0.2, 0.25) is 13.1 Å². The van der Waals surface area contributed by atoms with Crippen molar-refractivity contribution in [2.45, 2.75) is 31.7 Å². The highest BCUT2D eigenvalue weighted by molar-refractivity contribution is 6.87. The van der Waals surface area contributed by atoms with Crippen LogP contribution in [-0.4, -0.2) is 21.0 Å². The van der Waals surface area contributed by atoms with Crippen LogP contribution >= 0.6 is 0 Å². The summed E-state index contributed by atoms with van der Waals surface area (Å²) in [6, 6.07) is 8.83. The number of hydrogen-bond acceptors (Lipinski definition) is 2. The largest absolute Gasteiger partial charge is 0.469 e. The van der Waals surface area contributed by atoms with Crippen LogP contribution in [-0.2, 0) is 9.47 Å². The third-order valence-corrected chi connectivity index (χ3v) is 9.95. The number of ether oxygens (including phenoxy) is 2. The summed E-state index contributed by atoms with van der Waals surface area (Å²) in [5.41, 5.74) is 7.47. The van der Waals surface area contributed by atoms with Crippen molar-refractivity contribution in [1.82, 2.24) is 0 Å². The lowest BCUT2D eigenvalue weighted by atomic mass is 10.00. The van der Waals surface area contributed by atoms with Crippen LogP contribution in [0.25, 0.3) is 6.08 Å². The van der Waals surface area contributed by atoms with Crippen LogP contribution in [0, 0.1) is 0 Å². The number of rotatable bonds is 2. The topological polar surface area (TPSA) is 18.5 Å². The predicted octanol–water partition coefficient (Wildman–Crippen LogP) is 5.04. The van der Waals surface area contributed by atoms with Crippen molar-refractivity contribution >= 4 is 14.1 Å². The maximum atomic E-state index is 5.73. The first-order valence-corrected chi connectivity index (χ1v) is 12.0. The molecule has 1 aromatic rings. The Morgan fingerprint density at radius 1 is 1.12 bits per heavy atom. The molecule has 1 aliphatic heterocycles. The van der Waals surface area contributed by atoms with E-state index in [4.69, 9.17) is 9.47 Å². The van der Waals surface area contributed by atoms with Crippen molar-refractivity contribution in [3.05, 3.63) is 87.4 Å². The average Bonchev–Trinajstić information content (AvgIpc) is 3.27. The van der Waals surface area contributed by atoms with E-state index in [-0.39, 0.29) is 6.10 Å². The van der Waals surface area contributed by atoms with Crippen LogP contribution in [0.5, 0.6) is 0 Å². The summed E-state index contributed by atoms with van der Waals surface area (Å²) in [5, 5.41) is 1.57. The highest BCUT2D eigenvalue weighted by Gasteiger charge is 2.43. The number of fused-ring (bicyclic) bond motifs is 3. The normalized spacial score (nSPS) is 26.6. The first-order chi connectivity index (χ1) is 12.1. The van der Waals surface area contributed by atoms with Gasteiger partial charge in [0.05, 0.1) is 8.07 Å². The van der Waals surface area contributed by atoms with Crippen LogP contribution in [0.3, 0.4) is 0 Å². The second-order valence-corrected chi connectivity index (χ2v) is 12.4. The molecule has 2 atom stereocenters. The lowest BCUT2D eigenvalue weighted by Crippen LogP contribution is -2.38. The number of benzene rings is 1. The van der Waals surface area contributed by atoms with Crippen molar-refractivity contribution in [2.75, 3.05) is 6.79 Å². The minimum Gasteiger partial charge on any atom is -0.469 e. The van der Waals surface area contributed by atoms with Crippen molar-refractivity contribution in [2.24, 2.45) is 0 Å². The van der Waals surface area contributed by atoms with E-state index in [9.17, 15) is 0 Å². The van der Waals surface area contributed by atoms with Crippen LogP contribution in [0.15, 0.2) is 76.2 Å². The molecule has 0 aromatic heterocycles. The number of hydrogen-bond donors (Lipinski definition) is 0. The smallest absolute Gasteiger partial charge is 0.189 e. The quantitative estimate of drug-likeness (QED) is 0.699. The fourth-order valence-electron chi connectivity index (χ4n) is 4.83. The molecule has 4 aliphatic rings. The third kappa shape index (κ3) is 2.12. The van der Waals surface area contributed by atoms with Gasteiger partial charge in [0.15, 0.2) is 6.79 Å². The van der Waals surface area contributed by atoms with Gasteiger partial charge in [-0.05, 0) is 46.5 Å². The van der Waals surface area contributed by atoms with Gasteiger partial charge in [0, 0.05) is 5.54 Å². The monoisotopic (exact) mass is 346 g/mol. The van der Waals surface area contributed by atoms with Gasteiger partial charge < -0.3 is 9.47 Å². The molecular weight excluding hydrogens is 324 g/mol. The highest BCUT2D eigenvalue weighted by Crippen LogP contribution is 2.48. The van der Waals surface area contributed by atoms with Gasteiger partial charge in [0.1, 0.15) is 11.9 Å². The molecule has 0 radical (unpaired) electrons. The maximum Gasteiger partial charge on any atom is 0.189 e. The van der Waals surface area contributed by atoms with Crippen molar-refractivity contribution in [1.29, 1.82) is 0 Å². The first-order valence-electron chi connectivity index (χ1n) is 8.94. The Labute approximate surface area is 149 Å². The van der Waals surface area contributed by atoms with E-state index in [1.54, 1.807) is 5.20 Å². The van der Waals surface area contributed by atoms with E-state index in [0.717, 1.165) is 5.76 Å². The molecule has 0 saturated carbocycles. The van der Waals surface area contributed by atoms with Crippen molar-refractivity contribution in [3.63, 3.8) is 0 Å². The maximum absolute atomic E-state index is 5.73. The second kappa shape index (κ2) is 5.20. The van der Waals surface area contributed by atoms with Gasteiger partial charge in [-0.15, -0.1) is 0 Å². The van der Waals surface area contributed by atoms with Gasteiger partial charge in [-0.25, -0.2) is 0 Å². The molecule has 25 heavy (non-hydrogen) atoms. The highest BCUT2D eigenvalue weighted by atomic mass is 28.3. The summed E-state index contributed by atoms with van der Waals surface area (Å²) >= 11 is 0. The standard InChI is InChI=1S/C22H22O2Si/c1-14-10-16-11-19-20(24-13-23-19)12-18(16)22(14)25(2,3)21-9-8-15-6-4-5-7-17(15)21/h4-12,20-21H,13H2,1-3H3. The second-order valence-electron chi connectivity index (χ2n) is 7.82. The van der Waals surface area contributed by atoms with Gasteiger partial charge >= 0.3 is 0 Å². The molecule has 1 fully saturated rings. The minimum absolute atomic E-state index is 0.00995. The Hall–Kier alpha value is -2.10. The fraction of sp³-hybridized carbons (Fsp3) is 0.273. The zero-order valence-electron chi connectivity index (χ0n) is 14.9. The molecule has 2 unspecified atom stereocenters. The molecular formula is C22H22O2Si. The summed E-state index contributed by atoms with van der Waals surface area (Å²) in [4.78, 5) is 0. The summed E-state index contributed by atoms with van der Waals surface area (Å²) < 4.78 is 11.3. The van der Waals surface area contributed by atoms with E-state index in [0.29, 0.717) is 12.3 Å². The molecule has 3 heteroatoms. The van der Waals surface area contributed by atoms with E-state index < -0.39 is 8.07 Å². The zero-order valence-corrected chi connectivity index (χ0v) is 15.9. The lowest BCUT2D eigenvalue weighted by molar-refractivity contribution is 0.0629. The summed E-state index contributed by atoms with van der Waals surface area (Å²) in [6.45, 7) is 7.64. The molecule has 0 spiro atoms. The molecule has 0 N–H and O–H groups in total. The van der Waals surface area contributed by atoms with Crippen LogP contribution in [0.1, 0.15) is 23.6 Å². The SMILES string of the molecule is CC1=C([Si](C)(C)C2C=Cc3ccccc32)C2=CC3OCOC3=CC2=C1. The van der Waals surface area contributed by atoms with Crippen molar-refractivity contribution in [3.8, 4) is 0 Å². The molecule has 3 aliphatic carbocycles. The Morgan fingerprint density at radius 2 is 1.96 bits per heavy atom. The van der Waals surface area contributed by atoms with E-state index >= 15 is 0 Å². The Kier molecular flexibility index (Phi) is 3.15. The molecule has 0 bridgehead atoms. The first kappa shape index (κ1) is 15.2. The Morgan fingerprint density at radius 3 is 2.84 bits per heavy atom. The molecule has 0 amide bonds. The minimum atomic E-state index is -1.76. The predicted molar refractivity (Wildman–Crippen MR) is 103 cm³/mol. The van der Waals surface area contributed by atoms with Gasteiger partial charge in [0.25, 0.3) is 0 Å². The Balaban J connectivity index is 1.58. The van der Waals surface area contributed by atoms with E-state index in [1.807, 2.05) is 0 Å². The van der Waals surface area contributed by atoms with Gasteiger partial charge in [-0.3, -0.25) is 0 Å². The molecule has 126 valence electrons. The molecule has 1 saturated heterocycles. The third-order valence-electron chi connectivity index (χ3n) is 5.94. The van der Waals surface area contributed by atoms with Crippen LogP contribution in [0.4, 0.5) is 0 Å². The summed E-state index contributed by atoms with van der Waals surface area (Å²) in [7, 11) is -1.76. The molecule has 1 heterocycles. The Bertz CT molecular complexity index is 927. The zero-order chi connectivity index (χ0) is 17.2. The average molecular weight is 347 g/mol. The summed E-state index contributed by atoms with van der Waals surface area (Å²) in [5.74, 6) is 0.953. The molecule has 5 rings (SSSR count). The van der Waals surface area contributed by atoms with Gasteiger partial charge in [0.2, 0.25) is 0 Å². The molecule has 1 aromatic carbocycles. The number of allylic oxidation sites excluding steroid dienone is 7. The van der Waals surface area contributed by atoms with Crippen LogP contribution < -0.4 is 0 Å².